The molecule has 186 valence electrons. The normalized spacial score (nSPS) is 20.0. The minimum Gasteiger partial charge on any atom is -0.488 e. The minimum absolute atomic E-state index is 0.308. The number of rotatable bonds is 6. The molecule has 0 amide bonds. The van der Waals surface area contributed by atoms with Crippen molar-refractivity contribution in [3.05, 3.63) is 41.8 Å². The van der Waals surface area contributed by atoms with E-state index in [1.807, 2.05) is 12.1 Å². The van der Waals surface area contributed by atoms with Crippen LogP contribution in [0.3, 0.4) is 0 Å². The Morgan fingerprint density at radius 2 is 1.94 bits per heavy atom. The number of piperidine rings is 1. The van der Waals surface area contributed by atoms with E-state index in [1.165, 1.54) is 31.0 Å². The molecule has 6 heterocycles. The lowest BCUT2D eigenvalue weighted by Gasteiger charge is -2.48. The minimum atomic E-state index is -5.08. The van der Waals surface area contributed by atoms with Gasteiger partial charge in [0.25, 0.3) is 0 Å². The molecule has 2 unspecified atom stereocenters. The van der Waals surface area contributed by atoms with Crippen LogP contribution in [0.5, 0.6) is 5.75 Å². The molecule has 8 nitrogen and oxygen atoms in total. The van der Waals surface area contributed by atoms with Crippen LogP contribution >= 0.6 is 11.6 Å². The summed E-state index contributed by atoms with van der Waals surface area (Å²) >= 11 is 6.38. The Morgan fingerprint density at radius 3 is 2.57 bits per heavy atom. The van der Waals surface area contributed by atoms with Crippen molar-refractivity contribution in [3.63, 3.8) is 0 Å². The second kappa shape index (κ2) is 8.56. The summed E-state index contributed by atoms with van der Waals surface area (Å²) < 4.78 is 49.5. The molecule has 12 heteroatoms. The predicted molar refractivity (Wildman–Crippen MR) is 123 cm³/mol. The summed E-state index contributed by atoms with van der Waals surface area (Å²) in [6.45, 7) is 4.20. The van der Waals surface area contributed by atoms with E-state index in [1.54, 1.807) is 18.5 Å². The second-order valence-corrected chi connectivity index (χ2v) is 9.82. The van der Waals surface area contributed by atoms with E-state index in [-0.39, 0.29) is 6.61 Å². The number of fused-ring (bicyclic) bond motifs is 3. The molecule has 0 aromatic carbocycles. The third-order valence-electron chi connectivity index (χ3n) is 6.03. The average molecular weight is 510 g/mol. The van der Waals surface area contributed by atoms with Gasteiger partial charge in [-0.1, -0.05) is 11.6 Å². The van der Waals surface area contributed by atoms with Gasteiger partial charge in [-0.3, -0.25) is 0 Å². The highest BCUT2D eigenvalue weighted by molar-refractivity contribution is 6.34. The molecule has 1 N–H and O–H groups in total. The van der Waals surface area contributed by atoms with Crippen molar-refractivity contribution in [1.82, 2.24) is 19.9 Å². The van der Waals surface area contributed by atoms with Crippen LogP contribution in [-0.2, 0) is 9.53 Å². The Labute approximate surface area is 204 Å². The second-order valence-electron chi connectivity index (χ2n) is 9.42. The van der Waals surface area contributed by atoms with Gasteiger partial charge in [-0.25, -0.2) is 14.3 Å². The number of piperazine rings is 1. The molecule has 3 aromatic heterocycles. The van der Waals surface area contributed by atoms with Gasteiger partial charge in [-0.05, 0) is 38.5 Å². The predicted octanol–water partition coefficient (Wildman–Crippen LogP) is 3.86. The summed E-state index contributed by atoms with van der Waals surface area (Å²) in [6.07, 6.45) is 0.917. The van der Waals surface area contributed by atoms with Crippen LogP contribution in [0.2, 0.25) is 5.02 Å². The summed E-state index contributed by atoms with van der Waals surface area (Å²) in [5.41, 5.74) is 0.586. The Morgan fingerprint density at radius 1 is 1.23 bits per heavy atom. The Kier molecular flexibility index (Phi) is 5.79. The molecule has 6 rings (SSSR count). The van der Waals surface area contributed by atoms with Crippen LogP contribution in [0.15, 0.2) is 36.8 Å². The zero-order valence-corrected chi connectivity index (χ0v) is 19.7. The monoisotopic (exact) mass is 509 g/mol. The molecular weight excluding hydrogens is 487 g/mol. The maximum atomic E-state index is 12.6. The van der Waals surface area contributed by atoms with Crippen LogP contribution in [-0.4, -0.2) is 64.1 Å². The number of halogens is 4. The van der Waals surface area contributed by atoms with Crippen LogP contribution < -0.4 is 15.0 Å². The molecule has 2 atom stereocenters. The molecule has 3 aliphatic heterocycles. The number of ether oxygens (including phenoxy) is 2. The van der Waals surface area contributed by atoms with E-state index in [9.17, 15) is 18.0 Å². The number of carbonyl (C=O) groups is 1. The molecule has 3 aliphatic rings. The zero-order valence-electron chi connectivity index (χ0n) is 19.0. The molecule has 0 radical (unpaired) electrons. The number of hydrogen-bond acceptors (Lipinski definition) is 7. The van der Waals surface area contributed by atoms with Crippen molar-refractivity contribution in [2.45, 2.75) is 44.1 Å². The van der Waals surface area contributed by atoms with Crippen LogP contribution in [0.25, 0.3) is 16.6 Å². The smallest absolute Gasteiger partial charge is 0.488 e. The maximum absolute atomic E-state index is 12.6. The fraction of sp³-hybridized carbons (Fsp3) is 0.435. The number of hydrogen-bond donors (Lipinski definition) is 1. The lowest BCUT2D eigenvalue weighted by atomic mass is 9.91. The first-order chi connectivity index (χ1) is 16.5. The number of aromatic nitrogens is 3. The third-order valence-corrected chi connectivity index (χ3v) is 6.31. The van der Waals surface area contributed by atoms with Gasteiger partial charge in [0, 0.05) is 42.5 Å². The summed E-state index contributed by atoms with van der Waals surface area (Å²) in [6, 6.07) is 6.62. The van der Waals surface area contributed by atoms with Crippen molar-refractivity contribution in [3.8, 4) is 16.9 Å². The first kappa shape index (κ1) is 23.7. The van der Waals surface area contributed by atoms with Gasteiger partial charge < -0.3 is 19.7 Å². The number of anilines is 1. The summed E-state index contributed by atoms with van der Waals surface area (Å²) in [4.78, 5) is 18.1. The number of nitrogens with one attached hydrogen (secondary N) is 1. The first-order valence-corrected chi connectivity index (χ1v) is 11.4. The van der Waals surface area contributed by atoms with E-state index < -0.39 is 17.7 Å². The lowest BCUT2D eigenvalue weighted by molar-refractivity contribution is -0.213. The van der Waals surface area contributed by atoms with E-state index in [0.29, 0.717) is 33.9 Å². The highest BCUT2D eigenvalue weighted by Gasteiger charge is 2.44. The van der Waals surface area contributed by atoms with Crippen LogP contribution in [0.4, 0.5) is 19.0 Å². The Hall–Kier alpha value is -3.05. The van der Waals surface area contributed by atoms with Gasteiger partial charge in [-0.2, -0.15) is 18.3 Å². The van der Waals surface area contributed by atoms with Gasteiger partial charge in [0.2, 0.25) is 0 Å². The van der Waals surface area contributed by atoms with E-state index >= 15 is 0 Å². The molecular formula is C23H23ClF3N5O3. The highest BCUT2D eigenvalue weighted by atomic mass is 35.5. The fourth-order valence-electron chi connectivity index (χ4n) is 4.39. The molecule has 0 spiro atoms. The molecule has 0 aliphatic carbocycles. The van der Waals surface area contributed by atoms with Gasteiger partial charge in [0.15, 0.2) is 0 Å². The molecule has 3 saturated heterocycles. The van der Waals surface area contributed by atoms with Crippen molar-refractivity contribution in [2.24, 2.45) is 0 Å². The van der Waals surface area contributed by atoms with Crippen molar-refractivity contribution in [1.29, 1.82) is 0 Å². The molecule has 0 saturated carbocycles. The largest absolute Gasteiger partial charge is 0.490 e. The molecule has 2 bridgehead atoms. The Bertz CT molecular complexity index is 1250. The maximum Gasteiger partial charge on any atom is 0.490 e. The van der Waals surface area contributed by atoms with Crippen LogP contribution in [0.1, 0.15) is 20.3 Å². The summed E-state index contributed by atoms with van der Waals surface area (Å²) in [7, 11) is 0. The van der Waals surface area contributed by atoms with Gasteiger partial charge in [-0.15, -0.1) is 0 Å². The highest BCUT2D eigenvalue weighted by Crippen LogP contribution is 2.34. The van der Waals surface area contributed by atoms with E-state index in [2.05, 4.69) is 25.0 Å². The van der Waals surface area contributed by atoms with Crippen molar-refractivity contribution in [2.75, 3.05) is 24.6 Å². The van der Waals surface area contributed by atoms with Crippen LogP contribution in [0, 0.1) is 0 Å². The van der Waals surface area contributed by atoms with Gasteiger partial charge >= 0.3 is 12.1 Å². The summed E-state index contributed by atoms with van der Waals surface area (Å²) in [5.74, 6) is -1.06. The average Bonchev–Trinajstić information content (AvgIpc) is 3.17. The van der Waals surface area contributed by atoms with Gasteiger partial charge in [0.05, 0.1) is 22.9 Å². The van der Waals surface area contributed by atoms with Gasteiger partial charge in [0.1, 0.15) is 23.8 Å². The molecule has 35 heavy (non-hydrogen) atoms. The summed E-state index contributed by atoms with van der Waals surface area (Å²) in [5, 5.41) is 8.15. The number of nitrogens with zero attached hydrogens (tertiary/aromatic N) is 4. The molecule has 3 fully saturated rings. The zero-order chi connectivity index (χ0) is 25.0. The van der Waals surface area contributed by atoms with E-state index in [0.717, 1.165) is 24.5 Å². The number of alkyl halides is 3. The van der Waals surface area contributed by atoms with Crippen molar-refractivity contribution >= 4 is 28.9 Å². The molecule has 3 aromatic rings. The quantitative estimate of drug-likeness (QED) is 0.505. The fourth-order valence-corrected chi connectivity index (χ4v) is 4.62. The number of pyridine rings is 2. The lowest BCUT2D eigenvalue weighted by Crippen LogP contribution is -2.67. The third kappa shape index (κ3) is 4.87. The standard InChI is InChI=1S/C23H23ClF3N5O3/c1-22(2,35-21(33)23(25,26)27)12-34-16-6-17(20-18(24)8-29-32(20)11-16)13-3-4-19(28-7-13)31-9-14-5-15(10-31)30-14/h3-4,6-8,11,14-15,30H,5,9-10,12H2,1-2H3. The Balaban J connectivity index is 1.38. The number of carbonyl (C=O) groups excluding carboxylic acids is 1. The topological polar surface area (TPSA) is 81.0 Å². The van der Waals surface area contributed by atoms with Crippen molar-refractivity contribution < 1.29 is 27.4 Å². The van der Waals surface area contributed by atoms with E-state index in [4.69, 9.17) is 16.3 Å². The number of esters is 1. The first-order valence-electron chi connectivity index (χ1n) is 11.1. The SMILES string of the molecule is CC(C)(COc1cc(-c2ccc(N3CC4CC(C3)N4)nc2)c2c(Cl)cnn2c1)OC(=O)C(F)(F)F.